The van der Waals surface area contributed by atoms with E-state index in [1.54, 1.807) is 6.07 Å². The molecule has 1 aromatic rings. The van der Waals surface area contributed by atoms with E-state index in [0.29, 0.717) is 5.69 Å². The van der Waals surface area contributed by atoms with Gasteiger partial charge in [0, 0.05) is 5.69 Å². The van der Waals surface area contributed by atoms with Gasteiger partial charge in [0.2, 0.25) is 0 Å². The number of alkyl halides is 2. The first-order valence-electron chi connectivity index (χ1n) is 4.29. The molecule has 0 heterocycles. The van der Waals surface area contributed by atoms with E-state index in [1.165, 1.54) is 19.1 Å². The monoisotopic (exact) mass is 214 g/mol. The average Bonchev–Trinajstić information content (AvgIpc) is 2.20. The van der Waals surface area contributed by atoms with Crippen LogP contribution in [0.25, 0.3) is 0 Å². The molecule has 0 radical (unpaired) electrons. The molecule has 15 heavy (non-hydrogen) atoms. The maximum atomic E-state index is 12.9. The molecule has 1 rings (SSSR count). The van der Waals surface area contributed by atoms with Gasteiger partial charge in [-0.2, -0.15) is 5.26 Å². The lowest BCUT2D eigenvalue weighted by Gasteiger charge is -2.14. The van der Waals surface area contributed by atoms with Crippen LogP contribution < -0.4 is 5.32 Å². The van der Waals surface area contributed by atoms with E-state index in [1.807, 2.05) is 0 Å². The summed E-state index contributed by atoms with van der Waals surface area (Å²) >= 11 is 0. The van der Waals surface area contributed by atoms with Crippen molar-refractivity contribution in [3.8, 4) is 6.07 Å². The van der Waals surface area contributed by atoms with Crippen molar-refractivity contribution in [1.29, 1.82) is 5.26 Å². The molecule has 0 bridgehead atoms. The molecule has 0 aliphatic carbocycles. The summed E-state index contributed by atoms with van der Waals surface area (Å²) in [5.74, 6) is -0.659. The fraction of sp³-hybridized carbons (Fsp3) is 0.300. The van der Waals surface area contributed by atoms with Crippen molar-refractivity contribution in [2.75, 3.05) is 5.32 Å². The van der Waals surface area contributed by atoms with Crippen LogP contribution in [0.2, 0.25) is 0 Å². The molecule has 1 N–H and O–H groups in total. The summed E-state index contributed by atoms with van der Waals surface area (Å²) in [6.45, 7) is 1.31. The molecular formula is C10H9F3N2. The van der Waals surface area contributed by atoms with Gasteiger partial charge in [-0.3, -0.25) is 0 Å². The lowest BCUT2D eigenvalue weighted by molar-refractivity contribution is 0.131. The number of rotatable bonds is 3. The van der Waals surface area contributed by atoms with E-state index in [2.05, 4.69) is 5.32 Å². The van der Waals surface area contributed by atoms with E-state index in [-0.39, 0.29) is 5.56 Å². The molecule has 0 saturated carbocycles. The van der Waals surface area contributed by atoms with E-state index in [9.17, 15) is 13.2 Å². The van der Waals surface area contributed by atoms with Gasteiger partial charge in [-0.25, -0.2) is 13.2 Å². The first kappa shape index (κ1) is 11.4. The maximum Gasteiger partial charge on any atom is 0.258 e. The summed E-state index contributed by atoms with van der Waals surface area (Å²) in [7, 11) is 0. The first-order valence-corrected chi connectivity index (χ1v) is 4.29. The Kier molecular flexibility index (Phi) is 3.56. The molecule has 0 aliphatic rings. The predicted octanol–water partition coefficient (Wildman–Crippen LogP) is 2.76. The highest BCUT2D eigenvalue weighted by molar-refractivity contribution is 5.50. The van der Waals surface area contributed by atoms with Crippen molar-refractivity contribution in [3.05, 3.63) is 29.6 Å². The zero-order valence-corrected chi connectivity index (χ0v) is 7.97. The zero-order valence-electron chi connectivity index (χ0n) is 7.97. The van der Waals surface area contributed by atoms with Crippen LogP contribution in [0, 0.1) is 17.1 Å². The Balaban J connectivity index is 2.84. The van der Waals surface area contributed by atoms with Crippen molar-refractivity contribution in [2.45, 2.75) is 19.4 Å². The number of halogens is 3. The van der Waals surface area contributed by atoms with Gasteiger partial charge in [-0.05, 0) is 25.1 Å². The Bertz CT molecular complexity index is 385. The third-order valence-corrected chi connectivity index (χ3v) is 1.86. The van der Waals surface area contributed by atoms with E-state index in [0.717, 1.165) is 6.07 Å². The number of benzene rings is 1. The van der Waals surface area contributed by atoms with E-state index < -0.39 is 18.3 Å². The molecule has 80 valence electrons. The normalized spacial score (nSPS) is 12.3. The van der Waals surface area contributed by atoms with Gasteiger partial charge < -0.3 is 5.32 Å². The Morgan fingerprint density at radius 2 is 2.07 bits per heavy atom. The summed E-state index contributed by atoms with van der Waals surface area (Å²) in [6, 6.07) is 4.18. The second kappa shape index (κ2) is 4.69. The van der Waals surface area contributed by atoms with Crippen LogP contribution in [-0.4, -0.2) is 12.5 Å². The van der Waals surface area contributed by atoms with Crippen LogP contribution in [0.1, 0.15) is 12.5 Å². The quantitative estimate of drug-likeness (QED) is 0.839. The summed E-state index contributed by atoms with van der Waals surface area (Å²) in [4.78, 5) is 0. The lowest BCUT2D eigenvalue weighted by Crippen LogP contribution is -2.23. The van der Waals surface area contributed by atoms with Crippen molar-refractivity contribution in [3.63, 3.8) is 0 Å². The summed E-state index contributed by atoms with van der Waals surface area (Å²) in [5, 5.41) is 11.0. The van der Waals surface area contributed by atoms with Crippen LogP contribution in [0.15, 0.2) is 18.2 Å². The Labute approximate surface area is 85.3 Å². The number of nitriles is 1. The molecule has 1 atom stereocenters. The molecule has 0 amide bonds. The molecule has 5 heteroatoms. The smallest absolute Gasteiger partial charge is 0.258 e. The molecule has 0 saturated heterocycles. The van der Waals surface area contributed by atoms with E-state index >= 15 is 0 Å². The average molecular weight is 214 g/mol. The number of nitrogens with zero attached hydrogens (tertiary/aromatic N) is 1. The second-order valence-electron chi connectivity index (χ2n) is 3.07. The lowest BCUT2D eigenvalue weighted by atomic mass is 10.2. The fourth-order valence-corrected chi connectivity index (χ4v) is 1.03. The highest BCUT2D eigenvalue weighted by atomic mass is 19.3. The first-order chi connectivity index (χ1) is 7.04. The molecule has 2 nitrogen and oxygen atoms in total. The Morgan fingerprint density at radius 3 is 2.60 bits per heavy atom. The van der Waals surface area contributed by atoms with Gasteiger partial charge >= 0.3 is 0 Å². The number of hydrogen-bond donors (Lipinski definition) is 1. The fourth-order valence-electron chi connectivity index (χ4n) is 1.03. The second-order valence-corrected chi connectivity index (χ2v) is 3.07. The van der Waals surface area contributed by atoms with Gasteiger partial charge in [-0.15, -0.1) is 0 Å². The number of nitrogens with one attached hydrogen (secondary N) is 1. The summed E-state index contributed by atoms with van der Waals surface area (Å²) in [6.07, 6.45) is -2.51. The van der Waals surface area contributed by atoms with Gasteiger partial charge in [0.25, 0.3) is 6.43 Å². The van der Waals surface area contributed by atoms with Crippen molar-refractivity contribution in [2.24, 2.45) is 0 Å². The topological polar surface area (TPSA) is 35.8 Å². The van der Waals surface area contributed by atoms with Gasteiger partial charge in [0.05, 0.1) is 11.6 Å². The van der Waals surface area contributed by atoms with Crippen LogP contribution >= 0.6 is 0 Å². The summed E-state index contributed by atoms with van der Waals surface area (Å²) in [5.41, 5.74) is 0.141. The van der Waals surface area contributed by atoms with Crippen molar-refractivity contribution >= 4 is 5.69 Å². The number of anilines is 1. The minimum Gasteiger partial charge on any atom is -0.377 e. The van der Waals surface area contributed by atoms with Gasteiger partial charge in [0.15, 0.2) is 0 Å². The number of hydrogen-bond acceptors (Lipinski definition) is 2. The highest BCUT2D eigenvalue weighted by Gasteiger charge is 2.14. The van der Waals surface area contributed by atoms with Crippen molar-refractivity contribution in [1.82, 2.24) is 0 Å². The Morgan fingerprint density at radius 1 is 1.40 bits per heavy atom. The van der Waals surface area contributed by atoms with Gasteiger partial charge in [-0.1, -0.05) is 0 Å². The van der Waals surface area contributed by atoms with Crippen LogP contribution in [0.5, 0.6) is 0 Å². The minimum atomic E-state index is -2.51. The minimum absolute atomic E-state index is 0.165. The van der Waals surface area contributed by atoms with Crippen LogP contribution in [0.4, 0.5) is 18.9 Å². The zero-order chi connectivity index (χ0) is 11.4. The molecule has 0 aliphatic heterocycles. The Hall–Kier alpha value is -1.70. The van der Waals surface area contributed by atoms with Crippen LogP contribution in [-0.2, 0) is 0 Å². The predicted molar refractivity (Wildman–Crippen MR) is 50.2 cm³/mol. The maximum absolute atomic E-state index is 12.9. The van der Waals surface area contributed by atoms with Crippen molar-refractivity contribution < 1.29 is 13.2 Å². The molecule has 1 unspecified atom stereocenters. The molecule has 0 spiro atoms. The molecule has 1 aromatic carbocycles. The van der Waals surface area contributed by atoms with Crippen LogP contribution in [0.3, 0.4) is 0 Å². The summed E-state index contributed by atoms with van der Waals surface area (Å²) < 4.78 is 37.2. The molecule has 0 aromatic heterocycles. The SMILES string of the molecule is CC(Nc1ccc(F)c(C#N)c1)C(F)F. The molecule has 0 fully saturated rings. The highest BCUT2D eigenvalue weighted by Crippen LogP contribution is 2.16. The van der Waals surface area contributed by atoms with Gasteiger partial charge in [0.1, 0.15) is 11.9 Å². The molecular weight excluding hydrogens is 205 g/mol. The third-order valence-electron chi connectivity index (χ3n) is 1.86. The standard InChI is InChI=1S/C10H9F3N2/c1-6(10(12)13)15-8-2-3-9(11)7(4-8)5-14/h2-4,6,10,15H,1H3. The third kappa shape index (κ3) is 2.88. The largest absolute Gasteiger partial charge is 0.377 e. The van der Waals surface area contributed by atoms with E-state index in [4.69, 9.17) is 5.26 Å².